The highest BCUT2D eigenvalue weighted by Gasteiger charge is 2.33. The predicted molar refractivity (Wildman–Crippen MR) is 103 cm³/mol. The number of benzene rings is 1. The van der Waals surface area contributed by atoms with Gasteiger partial charge in [0.25, 0.3) is 5.91 Å². The van der Waals surface area contributed by atoms with Gasteiger partial charge in [0.1, 0.15) is 12.3 Å². The number of nitrogens with one attached hydrogen (secondary N) is 1. The van der Waals surface area contributed by atoms with Crippen LogP contribution in [0, 0.1) is 5.92 Å². The van der Waals surface area contributed by atoms with Crippen molar-refractivity contribution in [3.8, 4) is 5.75 Å². The number of anilines is 1. The number of ether oxygens (including phenoxy) is 1. The Morgan fingerprint density at radius 2 is 2.07 bits per heavy atom. The molecule has 1 aromatic carbocycles. The summed E-state index contributed by atoms with van der Waals surface area (Å²) in [7, 11) is -3.67. The maximum atomic E-state index is 13.1. The summed E-state index contributed by atoms with van der Waals surface area (Å²) in [5.41, 5.74) is 0.327. The molecule has 1 unspecified atom stereocenters. The van der Waals surface area contributed by atoms with Gasteiger partial charge in [0.2, 0.25) is 15.9 Å². The SMILES string of the molecule is CC1CCCN(S(=O)(=O)c2ccc3c(c2)N(CC(=O)NC2CC2)C(=O)CO3)C1. The normalized spacial score (nSPS) is 23.1. The summed E-state index contributed by atoms with van der Waals surface area (Å²) in [6.07, 6.45) is 3.76. The van der Waals surface area contributed by atoms with E-state index in [9.17, 15) is 18.0 Å². The van der Waals surface area contributed by atoms with Crippen LogP contribution in [0.3, 0.4) is 0 Å². The van der Waals surface area contributed by atoms with E-state index in [0.717, 1.165) is 25.7 Å². The van der Waals surface area contributed by atoms with Crippen LogP contribution in [-0.2, 0) is 19.6 Å². The average molecular weight is 407 g/mol. The minimum absolute atomic E-state index is 0.117. The van der Waals surface area contributed by atoms with Crippen LogP contribution >= 0.6 is 0 Å². The molecular weight excluding hydrogens is 382 g/mol. The van der Waals surface area contributed by atoms with Gasteiger partial charge in [0, 0.05) is 19.1 Å². The molecule has 8 nitrogen and oxygen atoms in total. The molecule has 2 fully saturated rings. The molecule has 0 aromatic heterocycles. The Kier molecular flexibility index (Phi) is 5.05. The van der Waals surface area contributed by atoms with Gasteiger partial charge in [-0.15, -0.1) is 0 Å². The summed E-state index contributed by atoms with van der Waals surface area (Å²) in [6, 6.07) is 4.71. The van der Waals surface area contributed by atoms with Crippen molar-refractivity contribution in [1.29, 1.82) is 0 Å². The van der Waals surface area contributed by atoms with E-state index in [4.69, 9.17) is 4.74 Å². The molecule has 9 heteroatoms. The van der Waals surface area contributed by atoms with Crippen LogP contribution in [0.15, 0.2) is 23.1 Å². The maximum absolute atomic E-state index is 13.1. The monoisotopic (exact) mass is 407 g/mol. The highest BCUT2D eigenvalue weighted by atomic mass is 32.2. The topological polar surface area (TPSA) is 96.0 Å². The van der Waals surface area contributed by atoms with Crippen molar-refractivity contribution < 1.29 is 22.7 Å². The summed E-state index contributed by atoms with van der Waals surface area (Å²) in [6.45, 7) is 2.71. The lowest BCUT2D eigenvalue weighted by atomic mass is 10.0. The van der Waals surface area contributed by atoms with Crippen LogP contribution in [0.2, 0.25) is 0 Å². The Bertz CT molecular complexity index is 897. The molecule has 0 bridgehead atoms. The van der Waals surface area contributed by atoms with E-state index in [1.165, 1.54) is 21.3 Å². The zero-order valence-corrected chi connectivity index (χ0v) is 16.7. The van der Waals surface area contributed by atoms with Crippen molar-refractivity contribution in [2.24, 2.45) is 5.92 Å². The molecule has 1 saturated carbocycles. The van der Waals surface area contributed by atoms with Crippen molar-refractivity contribution >= 4 is 27.5 Å². The molecule has 28 heavy (non-hydrogen) atoms. The Labute approximate surface area is 164 Å². The molecular formula is C19H25N3O5S. The molecule has 2 heterocycles. The highest BCUT2D eigenvalue weighted by molar-refractivity contribution is 7.89. The third kappa shape index (κ3) is 3.86. The second kappa shape index (κ2) is 7.36. The molecule has 152 valence electrons. The van der Waals surface area contributed by atoms with E-state index in [-0.39, 0.29) is 35.9 Å². The number of amides is 2. The van der Waals surface area contributed by atoms with Gasteiger partial charge in [-0.2, -0.15) is 4.31 Å². The van der Waals surface area contributed by atoms with Gasteiger partial charge in [-0.05, 0) is 49.8 Å². The minimum atomic E-state index is -3.67. The minimum Gasteiger partial charge on any atom is -0.482 e. The van der Waals surface area contributed by atoms with Gasteiger partial charge in [-0.25, -0.2) is 8.42 Å². The third-order valence-corrected chi connectivity index (χ3v) is 7.24. The smallest absolute Gasteiger partial charge is 0.265 e. The van der Waals surface area contributed by atoms with Crippen molar-refractivity contribution in [2.45, 2.75) is 43.5 Å². The average Bonchev–Trinajstić information content (AvgIpc) is 3.47. The van der Waals surface area contributed by atoms with Crippen molar-refractivity contribution in [1.82, 2.24) is 9.62 Å². The Balaban J connectivity index is 1.61. The predicted octanol–water partition coefficient (Wildman–Crippen LogP) is 1.11. The number of nitrogens with zero attached hydrogens (tertiary/aromatic N) is 2. The van der Waals surface area contributed by atoms with Gasteiger partial charge in [-0.1, -0.05) is 6.92 Å². The molecule has 1 aromatic rings. The molecule has 0 radical (unpaired) electrons. The fourth-order valence-electron chi connectivity index (χ4n) is 3.67. The van der Waals surface area contributed by atoms with Crippen LogP contribution in [0.1, 0.15) is 32.6 Å². The number of carbonyl (C=O) groups is 2. The van der Waals surface area contributed by atoms with Gasteiger partial charge in [0.05, 0.1) is 10.6 Å². The van der Waals surface area contributed by atoms with Gasteiger partial charge in [-0.3, -0.25) is 14.5 Å². The van der Waals surface area contributed by atoms with Crippen LogP contribution in [0.25, 0.3) is 0 Å². The van der Waals surface area contributed by atoms with Crippen molar-refractivity contribution in [3.05, 3.63) is 18.2 Å². The molecule has 3 aliphatic rings. The molecule has 2 aliphatic heterocycles. The van der Waals surface area contributed by atoms with E-state index >= 15 is 0 Å². The molecule has 1 aliphatic carbocycles. The molecule has 4 rings (SSSR count). The van der Waals surface area contributed by atoms with Crippen molar-refractivity contribution in [2.75, 3.05) is 31.1 Å². The van der Waals surface area contributed by atoms with Crippen LogP contribution in [0.4, 0.5) is 5.69 Å². The number of hydrogen-bond acceptors (Lipinski definition) is 5. The number of piperidine rings is 1. The third-order valence-electron chi connectivity index (χ3n) is 5.38. The summed E-state index contributed by atoms with van der Waals surface area (Å²) in [4.78, 5) is 26.0. The van der Waals surface area contributed by atoms with Crippen LogP contribution in [0.5, 0.6) is 5.75 Å². The lowest BCUT2D eigenvalue weighted by molar-refractivity contribution is -0.125. The Morgan fingerprint density at radius 1 is 1.29 bits per heavy atom. The van der Waals surface area contributed by atoms with E-state index in [1.807, 2.05) is 6.92 Å². The Hall–Kier alpha value is -2.13. The van der Waals surface area contributed by atoms with Gasteiger partial charge < -0.3 is 10.1 Å². The van der Waals surface area contributed by atoms with Crippen LogP contribution < -0.4 is 15.0 Å². The first kappa shape index (κ1) is 19.2. The van der Waals surface area contributed by atoms with E-state index in [0.29, 0.717) is 30.4 Å². The quantitative estimate of drug-likeness (QED) is 0.789. The fourth-order valence-corrected chi connectivity index (χ4v) is 5.29. The van der Waals surface area contributed by atoms with Gasteiger partial charge in [0.15, 0.2) is 6.61 Å². The summed E-state index contributed by atoms with van der Waals surface area (Å²) < 4.78 is 33.1. The summed E-state index contributed by atoms with van der Waals surface area (Å²) >= 11 is 0. The summed E-state index contributed by atoms with van der Waals surface area (Å²) in [5, 5.41) is 2.85. The fraction of sp³-hybridized carbons (Fsp3) is 0.579. The molecule has 1 atom stereocenters. The zero-order chi connectivity index (χ0) is 19.9. The second-order valence-corrected chi connectivity index (χ2v) is 9.79. The van der Waals surface area contributed by atoms with E-state index in [2.05, 4.69) is 5.32 Å². The molecule has 2 amide bonds. The maximum Gasteiger partial charge on any atom is 0.265 e. The number of fused-ring (bicyclic) bond motifs is 1. The Morgan fingerprint density at radius 3 is 2.79 bits per heavy atom. The number of rotatable bonds is 5. The zero-order valence-electron chi connectivity index (χ0n) is 15.9. The number of sulfonamides is 1. The van der Waals surface area contributed by atoms with Crippen LogP contribution in [-0.4, -0.2) is 56.8 Å². The van der Waals surface area contributed by atoms with Crippen molar-refractivity contribution in [3.63, 3.8) is 0 Å². The number of carbonyl (C=O) groups excluding carboxylic acids is 2. The second-order valence-electron chi connectivity index (χ2n) is 7.85. The highest BCUT2D eigenvalue weighted by Crippen LogP contribution is 2.35. The summed E-state index contributed by atoms with van der Waals surface area (Å²) in [5.74, 6) is 0.111. The number of hydrogen-bond donors (Lipinski definition) is 1. The first-order chi connectivity index (χ1) is 13.3. The molecule has 1 saturated heterocycles. The van der Waals surface area contributed by atoms with Gasteiger partial charge >= 0.3 is 0 Å². The van der Waals surface area contributed by atoms with E-state index < -0.39 is 10.0 Å². The van der Waals surface area contributed by atoms with E-state index in [1.54, 1.807) is 6.07 Å². The standard InChI is InChI=1S/C19H25N3O5S/c1-13-3-2-8-21(10-13)28(25,26)15-6-7-17-16(9-15)22(19(24)12-27-17)11-18(23)20-14-4-5-14/h6-7,9,13-14H,2-5,8,10-12H2,1H3,(H,20,23). The molecule has 1 N–H and O–H groups in total. The largest absolute Gasteiger partial charge is 0.482 e. The first-order valence-electron chi connectivity index (χ1n) is 9.71. The first-order valence-corrected chi connectivity index (χ1v) is 11.2. The lowest BCUT2D eigenvalue weighted by Gasteiger charge is -2.32. The lowest BCUT2D eigenvalue weighted by Crippen LogP contribution is -2.45. The molecule has 0 spiro atoms.